The van der Waals surface area contributed by atoms with Crippen molar-refractivity contribution in [2.75, 3.05) is 40.4 Å². The van der Waals surface area contributed by atoms with Gasteiger partial charge in [0.1, 0.15) is 12.1 Å². The Morgan fingerprint density at radius 2 is 2.00 bits per heavy atom. The summed E-state index contributed by atoms with van der Waals surface area (Å²) in [6.45, 7) is 6.05. The number of nitrogens with one attached hydrogen (secondary N) is 1. The van der Waals surface area contributed by atoms with E-state index in [1.54, 1.807) is 11.8 Å². The highest BCUT2D eigenvalue weighted by Gasteiger charge is 2.36. The van der Waals surface area contributed by atoms with Crippen LogP contribution in [-0.4, -0.2) is 74.1 Å². The average Bonchev–Trinajstić information content (AvgIpc) is 2.34. The normalized spacial score (nSPS) is 23.9. The Morgan fingerprint density at radius 3 is 2.58 bits per heavy atom. The number of carbonyl (C=O) groups is 2. The van der Waals surface area contributed by atoms with Crippen LogP contribution in [0.5, 0.6) is 0 Å². The smallest absolute Gasteiger partial charge is 0.245 e. The van der Waals surface area contributed by atoms with Crippen LogP contribution in [0, 0.1) is 0 Å². The van der Waals surface area contributed by atoms with Crippen LogP contribution >= 0.6 is 0 Å². The summed E-state index contributed by atoms with van der Waals surface area (Å²) < 4.78 is 5.49. The van der Waals surface area contributed by atoms with E-state index < -0.39 is 6.04 Å². The minimum atomic E-state index is -0.433. The van der Waals surface area contributed by atoms with E-state index in [-0.39, 0.29) is 17.9 Å². The molecular formula is C13H25N3O3. The minimum absolute atomic E-state index is 0.0253. The van der Waals surface area contributed by atoms with Gasteiger partial charge in [-0.3, -0.25) is 9.59 Å². The van der Waals surface area contributed by atoms with Crippen LogP contribution in [0.15, 0.2) is 0 Å². The zero-order valence-corrected chi connectivity index (χ0v) is 12.3. The zero-order chi connectivity index (χ0) is 14.4. The molecule has 110 valence electrons. The van der Waals surface area contributed by atoms with E-state index in [9.17, 15) is 9.59 Å². The summed E-state index contributed by atoms with van der Waals surface area (Å²) in [5.41, 5.74) is 0. The Bertz CT molecular complexity index is 320. The molecule has 0 aliphatic carbocycles. The average molecular weight is 271 g/mol. The molecule has 6 heteroatoms. The lowest BCUT2D eigenvalue weighted by molar-refractivity contribution is -0.149. The van der Waals surface area contributed by atoms with Crippen molar-refractivity contribution in [3.8, 4) is 0 Å². The van der Waals surface area contributed by atoms with E-state index in [1.165, 1.54) is 0 Å². The Morgan fingerprint density at radius 1 is 1.32 bits per heavy atom. The topological polar surface area (TPSA) is 61.9 Å². The Labute approximate surface area is 115 Å². The lowest BCUT2D eigenvalue weighted by Crippen LogP contribution is -2.62. The summed E-state index contributed by atoms with van der Waals surface area (Å²) in [5.74, 6) is -0.0921. The zero-order valence-electron chi connectivity index (χ0n) is 12.3. The fourth-order valence-electron chi connectivity index (χ4n) is 2.10. The third-order valence-corrected chi connectivity index (χ3v) is 3.24. The maximum atomic E-state index is 12.1. The molecule has 19 heavy (non-hydrogen) atoms. The van der Waals surface area contributed by atoms with Gasteiger partial charge in [0.15, 0.2) is 0 Å². The number of nitrogens with zero attached hydrogens (tertiary/aromatic N) is 2. The van der Waals surface area contributed by atoms with Gasteiger partial charge in [0.2, 0.25) is 11.8 Å². The van der Waals surface area contributed by atoms with E-state index in [1.807, 2.05) is 25.9 Å². The maximum absolute atomic E-state index is 12.1. The Balaban J connectivity index is 2.43. The van der Waals surface area contributed by atoms with Gasteiger partial charge in [-0.05, 0) is 27.4 Å². The summed E-state index contributed by atoms with van der Waals surface area (Å²) >= 11 is 0. The Hall–Kier alpha value is -1.14. The lowest BCUT2D eigenvalue weighted by atomic mass is 10.1. The number of hydrogen-bond acceptors (Lipinski definition) is 4. The van der Waals surface area contributed by atoms with E-state index in [4.69, 9.17) is 4.74 Å². The van der Waals surface area contributed by atoms with Gasteiger partial charge >= 0.3 is 0 Å². The van der Waals surface area contributed by atoms with Gasteiger partial charge in [-0.1, -0.05) is 6.92 Å². The van der Waals surface area contributed by atoms with Crippen molar-refractivity contribution in [2.24, 2.45) is 0 Å². The molecule has 1 rings (SSSR count). The number of ether oxygens (including phenoxy) is 1. The molecule has 1 aliphatic rings. The second-order valence-corrected chi connectivity index (χ2v) is 5.10. The number of likely N-dealkylation sites (N-methyl/N-ethyl adjacent to an activating group) is 1. The summed E-state index contributed by atoms with van der Waals surface area (Å²) in [6, 6.07) is -0.793. The van der Waals surface area contributed by atoms with Crippen LogP contribution in [-0.2, 0) is 14.3 Å². The molecule has 0 spiro atoms. The van der Waals surface area contributed by atoms with Gasteiger partial charge in [0.05, 0.1) is 13.2 Å². The number of hydrogen-bond donors (Lipinski definition) is 1. The second-order valence-electron chi connectivity index (χ2n) is 5.10. The van der Waals surface area contributed by atoms with Crippen molar-refractivity contribution in [3.63, 3.8) is 0 Å². The molecule has 1 fully saturated rings. The summed E-state index contributed by atoms with van der Waals surface area (Å²) in [7, 11) is 3.97. The molecule has 1 N–H and O–H groups in total. The first-order valence-electron chi connectivity index (χ1n) is 6.80. The molecule has 2 unspecified atom stereocenters. The highest BCUT2D eigenvalue weighted by atomic mass is 16.5. The fraction of sp³-hybridized carbons (Fsp3) is 0.846. The SMILES string of the molecule is CCC1C(=O)NC(C)C(=O)N1CCOCCN(C)C. The largest absolute Gasteiger partial charge is 0.378 e. The van der Waals surface area contributed by atoms with Crippen molar-refractivity contribution >= 4 is 11.8 Å². The van der Waals surface area contributed by atoms with Crippen molar-refractivity contribution in [3.05, 3.63) is 0 Å². The number of piperazine rings is 1. The Kier molecular flexibility index (Phi) is 6.24. The molecule has 2 atom stereocenters. The van der Waals surface area contributed by atoms with E-state index in [0.717, 1.165) is 6.54 Å². The van der Waals surface area contributed by atoms with Gasteiger partial charge in [-0.2, -0.15) is 0 Å². The fourth-order valence-corrected chi connectivity index (χ4v) is 2.10. The van der Waals surface area contributed by atoms with Gasteiger partial charge < -0.3 is 19.9 Å². The van der Waals surface area contributed by atoms with Crippen LogP contribution in [0.4, 0.5) is 0 Å². The first kappa shape index (κ1) is 15.9. The standard InChI is InChI=1S/C13H25N3O3/c1-5-11-12(17)14-10(2)13(18)16(11)7-9-19-8-6-15(3)4/h10-11H,5-9H2,1-4H3,(H,14,17). The van der Waals surface area contributed by atoms with Crippen LogP contribution < -0.4 is 5.32 Å². The molecule has 0 aromatic rings. The number of carbonyl (C=O) groups excluding carboxylic acids is 2. The molecule has 2 amide bonds. The lowest BCUT2D eigenvalue weighted by Gasteiger charge is -2.37. The molecule has 0 radical (unpaired) electrons. The molecule has 0 saturated carbocycles. The molecule has 0 aromatic heterocycles. The van der Waals surface area contributed by atoms with Crippen LogP contribution in [0.1, 0.15) is 20.3 Å². The minimum Gasteiger partial charge on any atom is -0.378 e. The van der Waals surface area contributed by atoms with Gasteiger partial charge in [-0.15, -0.1) is 0 Å². The van der Waals surface area contributed by atoms with Crippen molar-refractivity contribution in [1.29, 1.82) is 0 Å². The van der Waals surface area contributed by atoms with Gasteiger partial charge in [0, 0.05) is 13.1 Å². The van der Waals surface area contributed by atoms with Crippen LogP contribution in [0.3, 0.4) is 0 Å². The van der Waals surface area contributed by atoms with Crippen molar-refractivity contribution in [2.45, 2.75) is 32.4 Å². The molecular weight excluding hydrogens is 246 g/mol. The number of rotatable bonds is 7. The quantitative estimate of drug-likeness (QED) is 0.645. The predicted octanol–water partition coefficient (Wildman–Crippen LogP) is -0.310. The summed E-state index contributed by atoms with van der Waals surface area (Å²) in [6.07, 6.45) is 0.627. The summed E-state index contributed by atoms with van der Waals surface area (Å²) in [5, 5.41) is 2.70. The first-order chi connectivity index (χ1) is 8.97. The van der Waals surface area contributed by atoms with E-state index in [0.29, 0.717) is 26.2 Å². The third-order valence-electron chi connectivity index (χ3n) is 3.24. The third kappa shape index (κ3) is 4.47. The molecule has 1 heterocycles. The van der Waals surface area contributed by atoms with Crippen LogP contribution in [0.2, 0.25) is 0 Å². The number of amides is 2. The van der Waals surface area contributed by atoms with E-state index >= 15 is 0 Å². The molecule has 6 nitrogen and oxygen atoms in total. The first-order valence-corrected chi connectivity index (χ1v) is 6.80. The molecule has 0 bridgehead atoms. The predicted molar refractivity (Wildman–Crippen MR) is 72.8 cm³/mol. The molecule has 0 aromatic carbocycles. The van der Waals surface area contributed by atoms with Gasteiger partial charge in [-0.25, -0.2) is 0 Å². The monoisotopic (exact) mass is 271 g/mol. The van der Waals surface area contributed by atoms with Crippen LogP contribution in [0.25, 0.3) is 0 Å². The van der Waals surface area contributed by atoms with Crippen molar-refractivity contribution < 1.29 is 14.3 Å². The highest BCUT2D eigenvalue weighted by Crippen LogP contribution is 2.12. The maximum Gasteiger partial charge on any atom is 0.245 e. The molecule has 1 saturated heterocycles. The van der Waals surface area contributed by atoms with E-state index in [2.05, 4.69) is 5.32 Å². The van der Waals surface area contributed by atoms with Gasteiger partial charge in [0.25, 0.3) is 0 Å². The summed E-state index contributed by atoms with van der Waals surface area (Å²) in [4.78, 5) is 27.6. The highest BCUT2D eigenvalue weighted by molar-refractivity contribution is 5.96. The van der Waals surface area contributed by atoms with Crippen molar-refractivity contribution in [1.82, 2.24) is 15.1 Å². The second kappa shape index (κ2) is 7.45. The molecule has 1 aliphatic heterocycles.